The molecule has 3 nitrogen and oxygen atoms in total. The summed E-state index contributed by atoms with van der Waals surface area (Å²) in [5.74, 6) is 0.344. The topological polar surface area (TPSA) is 32.3 Å². The highest BCUT2D eigenvalue weighted by molar-refractivity contribution is 5.78. The number of carbonyl (C=O) groups is 1. The molecule has 0 aliphatic carbocycles. The van der Waals surface area contributed by atoms with Gasteiger partial charge in [-0.05, 0) is 32.2 Å². The van der Waals surface area contributed by atoms with Crippen molar-refractivity contribution < 1.29 is 4.79 Å². The summed E-state index contributed by atoms with van der Waals surface area (Å²) in [6, 6.07) is 0.708. The molecule has 0 bridgehead atoms. The minimum Gasteiger partial charge on any atom is -0.338 e. The molecule has 106 valence electrons. The minimum absolute atomic E-state index is 0.342. The summed E-state index contributed by atoms with van der Waals surface area (Å²) < 4.78 is 0. The van der Waals surface area contributed by atoms with Gasteiger partial charge in [-0.25, -0.2) is 0 Å². The molecule has 0 aromatic rings. The van der Waals surface area contributed by atoms with Crippen LogP contribution >= 0.6 is 0 Å². The van der Waals surface area contributed by atoms with Crippen LogP contribution in [0.1, 0.15) is 59.8 Å². The Labute approximate surface area is 112 Å². The summed E-state index contributed by atoms with van der Waals surface area (Å²) in [5.41, 5.74) is 0.346. The van der Waals surface area contributed by atoms with E-state index in [-0.39, 0.29) is 0 Å². The SMILES string of the molecule is CCC(C)(CC)CC(C(C)NC)N1CCCC1=O. The fourth-order valence-electron chi connectivity index (χ4n) is 2.81. The molecule has 0 radical (unpaired) electrons. The van der Waals surface area contributed by atoms with Crippen molar-refractivity contribution in [3.8, 4) is 0 Å². The van der Waals surface area contributed by atoms with E-state index >= 15 is 0 Å². The second kappa shape index (κ2) is 6.55. The van der Waals surface area contributed by atoms with Gasteiger partial charge in [0.2, 0.25) is 5.91 Å². The zero-order chi connectivity index (χ0) is 13.8. The van der Waals surface area contributed by atoms with Gasteiger partial charge in [0.1, 0.15) is 0 Å². The van der Waals surface area contributed by atoms with Crippen LogP contribution in [0, 0.1) is 5.41 Å². The molecular formula is C15H30N2O. The van der Waals surface area contributed by atoms with Crippen LogP contribution in [0.5, 0.6) is 0 Å². The zero-order valence-corrected chi connectivity index (χ0v) is 12.8. The maximum Gasteiger partial charge on any atom is 0.222 e. The van der Waals surface area contributed by atoms with E-state index in [0.29, 0.717) is 23.4 Å². The molecule has 0 spiro atoms. The Bertz CT molecular complexity index is 274. The highest BCUT2D eigenvalue weighted by atomic mass is 16.2. The van der Waals surface area contributed by atoms with Crippen molar-refractivity contribution in [1.82, 2.24) is 10.2 Å². The van der Waals surface area contributed by atoms with Gasteiger partial charge in [0, 0.05) is 25.0 Å². The Kier molecular flexibility index (Phi) is 5.64. The third kappa shape index (κ3) is 3.47. The van der Waals surface area contributed by atoms with Gasteiger partial charge >= 0.3 is 0 Å². The van der Waals surface area contributed by atoms with Crippen LogP contribution in [0.2, 0.25) is 0 Å². The first-order chi connectivity index (χ1) is 8.47. The predicted molar refractivity (Wildman–Crippen MR) is 76.6 cm³/mol. The summed E-state index contributed by atoms with van der Waals surface area (Å²) in [5, 5.41) is 3.34. The quantitative estimate of drug-likeness (QED) is 0.757. The third-order valence-corrected chi connectivity index (χ3v) is 4.95. The lowest BCUT2D eigenvalue weighted by Gasteiger charge is -2.39. The number of carbonyl (C=O) groups excluding carboxylic acids is 1. The maximum atomic E-state index is 12.0. The standard InChI is InChI=1S/C15H30N2O/c1-6-15(4,7-2)11-13(12(3)16-5)17-10-8-9-14(17)18/h12-13,16H,6-11H2,1-5H3. The van der Waals surface area contributed by atoms with Gasteiger partial charge in [0.15, 0.2) is 0 Å². The lowest BCUT2D eigenvalue weighted by molar-refractivity contribution is -0.130. The van der Waals surface area contributed by atoms with E-state index in [1.807, 2.05) is 7.05 Å². The summed E-state index contributed by atoms with van der Waals surface area (Å²) in [4.78, 5) is 14.1. The van der Waals surface area contributed by atoms with E-state index in [1.165, 1.54) is 12.8 Å². The number of nitrogens with zero attached hydrogens (tertiary/aromatic N) is 1. The van der Waals surface area contributed by atoms with Gasteiger partial charge in [-0.1, -0.05) is 33.6 Å². The van der Waals surface area contributed by atoms with Crippen molar-refractivity contribution in [2.24, 2.45) is 5.41 Å². The smallest absolute Gasteiger partial charge is 0.222 e. The highest BCUT2D eigenvalue weighted by Crippen LogP contribution is 2.34. The molecule has 0 aromatic heterocycles. The lowest BCUT2D eigenvalue weighted by atomic mass is 9.77. The minimum atomic E-state index is 0.342. The first kappa shape index (κ1) is 15.5. The number of amides is 1. The van der Waals surface area contributed by atoms with Crippen molar-refractivity contribution in [3.05, 3.63) is 0 Å². The molecule has 1 heterocycles. The van der Waals surface area contributed by atoms with E-state index < -0.39 is 0 Å². The Morgan fingerprint density at radius 3 is 2.39 bits per heavy atom. The Hall–Kier alpha value is -0.570. The lowest BCUT2D eigenvalue weighted by Crippen LogP contribution is -2.50. The number of likely N-dealkylation sites (N-methyl/N-ethyl adjacent to an activating group) is 1. The van der Waals surface area contributed by atoms with Gasteiger partial charge in [-0.2, -0.15) is 0 Å². The number of likely N-dealkylation sites (tertiary alicyclic amines) is 1. The van der Waals surface area contributed by atoms with E-state index in [2.05, 4.69) is 37.9 Å². The van der Waals surface area contributed by atoms with Gasteiger partial charge in [-0.3, -0.25) is 4.79 Å². The number of rotatable bonds is 7. The van der Waals surface area contributed by atoms with E-state index in [0.717, 1.165) is 25.8 Å². The molecular weight excluding hydrogens is 224 g/mol. The third-order valence-electron chi connectivity index (χ3n) is 4.95. The molecule has 1 aliphatic heterocycles. The van der Waals surface area contributed by atoms with Crippen LogP contribution in [-0.4, -0.2) is 36.5 Å². The molecule has 1 rings (SSSR count). The monoisotopic (exact) mass is 254 g/mol. The Morgan fingerprint density at radius 2 is 2.00 bits per heavy atom. The van der Waals surface area contributed by atoms with Crippen molar-refractivity contribution in [1.29, 1.82) is 0 Å². The van der Waals surface area contributed by atoms with Gasteiger partial charge in [0.25, 0.3) is 0 Å². The Balaban J connectivity index is 2.81. The normalized spacial score (nSPS) is 20.3. The van der Waals surface area contributed by atoms with Crippen LogP contribution in [-0.2, 0) is 4.79 Å². The van der Waals surface area contributed by atoms with Gasteiger partial charge in [0.05, 0.1) is 0 Å². The molecule has 2 unspecified atom stereocenters. The maximum absolute atomic E-state index is 12.0. The van der Waals surface area contributed by atoms with Crippen LogP contribution in [0.4, 0.5) is 0 Å². The molecule has 2 atom stereocenters. The number of hydrogen-bond donors (Lipinski definition) is 1. The van der Waals surface area contributed by atoms with Crippen molar-refractivity contribution in [2.75, 3.05) is 13.6 Å². The van der Waals surface area contributed by atoms with Crippen LogP contribution in [0.3, 0.4) is 0 Å². The first-order valence-corrected chi connectivity index (χ1v) is 7.44. The largest absolute Gasteiger partial charge is 0.338 e. The molecule has 18 heavy (non-hydrogen) atoms. The van der Waals surface area contributed by atoms with Crippen molar-refractivity contribution >= 4 is 5.91 Å². The fraction of sp³-hybridized carbons (Fsp3) is 0.933. The molecule has 1 N–H and O–H groups in total. The first-order valence-electron chi connectivity index (χ1n) is 7.44. The fourth-order valence-corrected chi connectivity index (χ4v) is 2.81. The average Bonchev–Trinajstić information content (AvgIpc) is 2.81. The van der Waals surface area contributed by atoms with Crippen molar-refractivity contribution in [3.63, 3.8) is 0 Å². The van der Waals surface area contributed by atoms with Gasteiger partial charge < -0.3 is 10.2 Å². The number of hydrogen-bond acceptors (Lipinski definition) is 2. The van der Waals surface area contributed by atoms with E-state index in [9.17, 15) is 4.79 Å². The van der Waals surface area contributed by atoms with E-state index in [4.69, 9.17) is 0 Å². The average molecular weight is 254 g/mol. The number of nitrogens with one attached hydrogen (secondary N) is 1. The second-order valence-corrected chi connectivity index (χ2v) is 6.06. The molecule has 0 saturated carbocycles. The van der Waals surface area contributed by atoms with Crippen LogP contribution < -0.4 is 5.32 Å². The van der Waals surface area contributed by atoms with E-state index in [1.54, 1.807) is 0 Å². The molecule has 1 fully saturated rings. The zero-order valence-electron chi connectivity index (χ0n) is 12.8. The second-order valence-electron chi connectivity index (χ2n) is 6.06. The summed E-state index contributed by atoms with van der Waals surface area (Å²) in [6.07, 6.45) is 5.23. The molecule has 0 aromatic carbocycles. The molecule has 3 heteroatoms. The summed E-state index contributed by atoms with van der Waals surface area (Å²) >= 11 is 0. The highest BCUT2D eigenvalue weighted by Gasteiger charge is 2.35. The summed E-state index contributed by atoms with van der Waals surface area (Å²) in [7, 11) is 1.99. The summed E-state index contributed by atoms with van der Waals surface area (Å²) in [6.45, 7) is 10.0. The van der Waals surface area contributed by atoms with Crippen molar-refractivity contribution in [2.45, 2.75) is 71.9 Å². The van der Waals surface area contributed by atoms with Crippen LogP contribution in [0.25, 0.3) is 0 Å². The predicted octanol–water partition coefficient (Wildman–Crippen LogP) is 2.80. The molecule has 1 amide bonds. The molecule has 1 aliphatic rings. The molecule has 1 saturated heterocycles. The Morgan fingerprint density at radius 1 is 1.39 bits per heavy atom. The van der Waals surface area contributed by atoms with Crippen LogP contribution in [0.15, 0.2) is 0 Å². The van der Waals surface area contributed by atoms with Gasteiger partial charge in [-0.15, -0.1) is 0 Å².